The van der Waals surface area contributed by atoms with E-state index in [-0.39, 0.29) is 36.9 Å². The summed E-state index contributed by atoms with van der Waals surface area (Å²) < 4.78 is 11.1. The van der Waals surface area contributed by atoms with E-state index < -0.39 is 23.6 Å². The van der Waals surface area contributed by atoms with Gasteiger partial charge in [-0.05, 0) is 42.6 Å². The van der Waals surface area contributed by atoms with Gasteiger partial charge in [0.1, 0.15) is 30.9 Å². The fraction of sp³-hybridized carbons (Fsp3) is 0.667. The molecule has 0 spiro atoms. The molecule has 3 heterocycles. The summed E-state index contributed by atoms with van der Waals surface area (Å²) in [4.78, 5) is 45.7. The standard InChI is InChI=1S/C27H40N4O5/c1-6-11-29-12-14-30(15-13-29)19-9-7-18(8-10-19)25(33)28-24(27(2,3)4)26(34)31-16-21(35-5)23-22(31)20(32)17-36-23/h7-10,21-24H,6,11-17H2,1-5H3,(H,28,33)/t21-,22-,23-,24?/m1/s1. The summed E-state index contributed by atoms with van der Waals surface area (Å²) in [5, 5.41) is 2.95. The number of likely N-dealkylation sites (tertiary alicyclic amines) is 1. The minimum absolute atomic E-state index is 0.0223. The van der Waals surface area contributed by atoms with Gasteiger partial charge in [-0.1, -0.05) is 27.7 Å². The van der Waals surface area contributed by atoms with Crippen LogP contribution in [-0.4, -0.2) is 105 Å². The Morgan fingerprint density at radius 1 is 1.14 bits per heavy atom. The quantitative estimate of drug-likeness (QED) is 0.608. The highest BCUT2D eigenvalue weighted by Crippen LogP contribution is 2.32. The van der Waals surface area contributed by atoms with Gasteiger partial charge in [0.25, 0.3) is 5.91 Å². The molecule has 0 aromatic heterocycles. The molecule has 9 heteroatoms. The Morgan fingerprint density at radius 3 is 2.39 bits per heavy atom. The van der Waals surface area contributed by atoms with Crippen LogP contribution in [0.15, 0.2) is 24.3 Å². The van der Waals surface area contributed by atoms with Crippen LogP contribution in [0.1, 0.15) is 44.5 Å². The van der Waals surface area contributed by atoms with Crippen molar-refractivity contribution in [2.24, 2.45) is 5.41 Å². The van der Waals surface area contributed by atoms with Gasteiger partial charge >= 0.3 is 0 Å². The average molecular weight is 501 g/mol. The van der Waals surface area contributed by atoms with Gasteiger partial charge in [0.05, 0.1) is 6.54 Å². The largest absolute Gasteiger partial charge is 0.377 e. The molecular formula is C27H40N4O5. The molecule has 4 rings (SSSR count). The Hall–Kier alpha value is -2.49. The zero-order valence-corrected chi connectivity index (χ0v) is 22.2. The van der Waals surface area contributed by atoms with Crippen LogP contribution in [0.3, 0.4) is 0 Å². The van der Waals surface area contributed by atoms with E-state index >= 15 is 0 Å². The number of Topliss-reactive ketones (excluding diaryl/α,β-unsaturated/α-hetero) is 1. The van der Waals surface area contributed by atoms with E-state index in [1.807, 2.05) is 45.0 Å². The summed E-state index contributed by atoms with van der Waals surface area (Å²) in [6.45, 7) is 13.3. The van der Waals surface area contributed by atoms with Gasteiger partial charge in [-0.25, -0.2) is 0 Å². The van der Waals surface area contributed by atoms with Crippen molar-refractivity contribution >= 4 is 23.3 Å². The SMILES string of the molecule is CCCN1CCN(c2ccc(C(=O)NC(C(=O)N3C[C@@H](OC)[C@H]4OCC(=O)[C@H]43)C(C)(C)C)cc2)CC1. The van der Waals surface area contributed by atoms with Crippen LogP contribution >= 0.6 is 0 Å². The Kier molecular flexibility index (Phi) is 8.02. The molecule has 1 N–H and O–H groups in total. The molecule has 3 fully saturated rings. The fourth-order valence-electron chi connectivity index (χ4n) is 5.45. The van der Waals surface area contributed by atoms with Gasteiger partial charge in [0.15, 0.2) is 5.78 Å². The van der Waals surface area contributed by atoms with Crippen molar-refractivity contribution in [1.82, 2.24) is 15.1 Å². The molecule has 3 saturated heterocycles. The van der Waals surface area contributed by atoms with Gasteiger partial charge < -0.3 is 24.6 Å². The minimum Gasteiger partial charge on any atom is -0.377 e. The predicted octanol–water partition coefficient (Wildman–Crippen LogP) is 1.56. The van der Waals surface area contributed by atoms with E-state index in [0.29, 0.717) is 5.56 Å². The third kappa shape index (κ3) is 5.43. The van der Waals surface area contributed by atoms with Gasteiger partial charge in [-0.15, -0.1) is 0 Å². The maximum Gasteiger partial charge on any atom is 0.251 e. The first-order chi connectivity index (χ1) is 17.1. The lowest BCUT2D eigenvalue weighted by atomic mass is 9.85. The molecule has 3 aliphatic heterocycles. The third-order valence-electron chi connectivity index (χ3n) is 7.52. The molecule has 2 amide bonds. The van der Waals surface area contributed by atoms with Crippen molar-refractivity contribution in [3.8, 4) is 0 Å². The zero-order chi connectivity index (χ0) is 26.0. The van der Waals surface area contributed by atoms with E-state index in [4.69, 9.17) is 9.47 Å². The molecule has 4 atom stereocenters. The number of piperazine rings is 1. The summed E-state index contributed by atoms with van der Waals surface area (Å²) in [7, 11) is 1.56. The van der Waals surface area contributed by atoms with Crippen molar-refractivity contribution in [3.05, 3.63) is 29.8 Å². The first-order valence-electron chi connectivity index (χ1n) is 13.0. The summed E-state index contributed by atoms with van der Waals surface area (Å²) in [6.07, 6.45) is 0.343. The zero-order valence-electron chi connectivity index (χ0n) is 22.2. The van der Waals surface area contributed by atoms with Crippen molar-refractivity contribution in [3.63, 3.8) is 0 Å². The smallest absolute Gasteiger partial charge is 0.251 e. The van der Waals surface area contributed by atoms with Crippen LogP contribution in [0.4, 0.5) is 5.69 Å². The highest BCUT2D eigenvalue weighted by molar-refractivity contribution is 5.99. The fourth-order valence-corrected chi connectivity index (χ4v) is 5.45. The van der Waals surface area contributed by atoms with Crippen molar-refractivity contribution in [2.75, 3.05) is 57.9 Å². The van der Waals surface area contributed by atoms with Crippen LogP contribution in [0.5, 0.6) is 0 Å². The molecule has 1 aromatic rings. The number of methoxy groups -OCH3 is 1. The van der Waals surface area contributed by atoms with E-state index in [1.54, 1.807) is 7.11 Å². The summed E-state index contributed by atoms with van der Waals surface area (Å²) >= 11 is 0. The van der Waals surface area contributed by atoms with E-state index in [2.05, 4.69) is 22.0 Å². The van der Waals surface area contributed by atoms with E-state index in [0.717, 1.165) is 44.8 Å². The Balaban J connectivity index is 1.44. The number of hydrogen-bond donors (Lipinski definition) is 1. The lowest BCUT2D eigenvalue weighted by molar-refractivity contribution is -0.140. The van der Waals surface area contributed by atoms with Crippen LogP contribution < -0.4 is 10.2 Å². The number of ketones is 1. The van der Waals surface area contributed by atoms with Gasteiger partial charge in [0, 0.05) is 44.5 Å². The highest BCUT2D eigenvalue weighted by atomic mass is 16.5. The topological polar surface area (TPSA) is 91.4 Å². The van der Waals surface area contributed by atoms with Crippen LogP contribution in [-0.2, 0) is 19.1 Å². The minimum atomic E-state index is -0.805. The Morgan fingerprint density at radius 2 is 1.81 bits per heavy atom. The number of carbonyl (C=O) groups excluding carboxylic acids is 3. The number of nitrogens with one attached hydrogen (secondary N) is 1. The molecule has 3 aliphatic rings. The molecule has 1 unspecified atom stereocenters. The normalized spacial score (nSPS) is 25.7. The molecule has 0 saturated carbocycles. The number of nitrogens with zero attached hydrogens (tertiary/aromatic N) is 3. The molecule has 0 aliphatic carbocycles. The predicted molar refractivity (Wildman–Crippen MR) is 137 cm³/mol. The van der Waals surface area contributed by atoms with Crippen molar-refractivity contribution in [2.45, 2.75) is 58.4 Å². The lowest BCUT2D eigenvalue weighted by Gasteiger charge is -2.36. The monoisotopic (exact) mass is 500 g/mol. The maximum atomic E-state index is 13.7. The number of amides is 2. The second-order valence-electron chi connectivity index (χ2n) is 11.1. The lowest BCUT2D eigenvalue weighted by Crippen LogP contribution is -2.57. The number of rotatable bonds is 7. The first kappa shape index (κ1) is 26.6. The third-order valence-corrected chi connectivity index (χ3v) is 7.52. The second-order valence-corrected chi connectivity index (χ2v) is 11.1. The second kappa shape index (κ2) is 10.9. The van der Waals surface area contributed by atoms with Crippen molar-refractivity contribution in [1.29, 1.82) is 0 Å². The summed E-state index contributed by atoms with van der Waals surface area (Å²) in [5.74, 6) is -0.723. The number of anilines is 1. The molecule has 1 aromatic carbocycles. The number of benzene rings is 1. The highest BCUT2D eigenvalue weighted by Gasteiger charge is 2.54. The molecule has 36 heavy (non-hydrogen) atoms. The Labute approximate surface area is 214 Å². The van der Waals surface area contributed by atoms with Crippen molar-refractivity contribution < 1.29 is 23.9 Å². The summed E-state index contributed by atoms with van der Waals surface area (Å²) in [5.41, 5.74) is 1.04. The molecule has 0 radical (unpaired) electrons. The molecule has 0 bridgehead atoms. The van der Waals surface area contributed by atoms with Gasteiger partial charge in [-0.2, -0.15) is 0 Å². The van der Waals surface area contributed by atoms with E-state index in [1.165, 1.54) is 4.90 Å². The number of fused-ring (bicyclic) bond motifs is 1. The van der Waals surface area contributed by atoms with Crippen LogP contribution in [0, 0.1) is 5.41 Å². The number of carbonyl (C=O) groups is 3. The van der Waals surface area contributed by atoms with Crippen LogP contribution in [0.2, 0.25) is 0 Å². The van der Waals surface area contributed by atoms with E-state index in [9.17, 15) is 14.4 Å². The molecule has 9 nitrogen and oxygen atoms in total. The molecule has 198 valence electrons. The van der Waals surface area contributed by atoms with Gasteiger partial charge in [-0.3, -0.25) is 19.3 Å². The Bertz CT molecular complexity index is 952. The summed E-state index contributed by atoms with van der Waals surface area (Å²) in [6, 6.07) is 6.10. The number of hydrogen-bond acceptors (Lipinski definition) is 7. The average Bonchev–Trinajstić information content (AvgIpc) is 3.42. The molecular weight excluding hydrogens is 460 g/mol. The van der Waals surface area contributed by atoms with Crippen LogP contribution in [0.25, 0.3) is 0 Å². The first-order valence-corrected chi connectivity index (χ1v) is 13.0. The number of ether oxygens (including phenoxy) is 2. The van der Waals surface area contributed by atoms with Gasteiger partial charge in [0.2, 0.25) is 5.91 Å². The maximum absolute atomic E-state index is 13.7.